The van der Waals surface area contributed by atoms with Gasteiger partial charge in [0.25, 0.3) is 0 Å². The second-order valence-electron chi connectivity index (χ2n) is 6.69. The van der Waals surface area contributed by atoms with Crippen LogP contribution in [0.2, 0.25) is 0 Å². The van der Waals surface area contributed by atoms with Gasteiger partial charge in [-0.25, -0.2) is 0 Å². The lowest BCUT2D eigenvalue weighted by Gasteiger charge is -2.31. The predicted octanol–water partition coefficient (Wildman–Crippen LogP) is 3.40. The Hall–Kier alpha value is -1.27. The number of fused-ring (bicyclic) bond motifs is 2. The van der Waals surface area contributed by atoms with Crippen LogP contribution in [0, 0.1) is 6.92 Å². The van der Waals surface area contributed by atoms with E-state index in [4.69, 9.17) is 9.47 Å². The van der Waals surface area contributed by atoms with E-state index < -0.39 is 0 Å². The minimum absolute atomic E-state index is 0.160. The van der Waals surface area contributed by atoms with E-state index in [0.717, 1.165) is 38.1 Å². The lowest BCUT2D eigenvalue weighted by Crippen LogP contribution is -2.42. The van der Waals surface area contributed by atoms with E-state index in [1.807, 2.05) is 23.6 Å². The van der Waals surface area contributed by atoms with Crippen LogP contribution in [0.5, 0.6) is 0 Å². The molecule has 2 aliphatic rings. The van der Waals surface area contributed by atoms with Gasteiger partial charge in [0.15, 0.2) is 0 Å². The van der Waals surface area contributed by atoms with E-state index in [-0.39, 0.29) is 12.2 Å². The zero-order valence-corrected chi connectivity index (χ0v) is 14.9. The SMILES string of the molecule is Cc1ccsc1CN1CCO[C@H]2CC[C@H]1[C@@H]2OCc1cccnc1. The van der Waals surface area contributed by atoms with Gasteiger partial charge in [-0.2, -0.15) is 0 Å². The van der Waals surface area contributed by atoms with Gasteiger partial charge in [-0.3, -0.25) is 9.88 Å². The minimum Gasteiger partial charge on any atom is -0.374 e. The maximum atomic E-state index is 6.31. The summed E-state index contributed by atoms with van der Waals surface area (Å²) in [6.07, 6.45) is 6.34. The second kappa shape index (κ2) is 7.31. The normalized spacial score (nSPS) is 27.3. The van der Waals surface area contributed by atoms with Crippen LogP contribution in [0.15, 0.2) is 36.0 Å². The Morgan fingerprint density at radius 1 is 1.38 bits per heavy atom. The molecule has 0 N–H and O–H groups in total. The number of thiophene rings is 1. The topological polar surface area (TPSA) is 34.6 Å². The van der Waals surface area contributed by atoms with Crippen LogP contribution in [-0.2, 0) is 22.6 Å². The van der Waals surface area contributed by atoms with Crippen LogP contribution >= 0.6 is 11.3 Å². The van der Waals surface area contributed by atoms with Gasteiger partial charge in [-0.1, -0.05) is 6.07 Å². The Morgan fingerprint density at radius 2 is 2.33 bits per heavy atom. The Kier molecular flexibility index (Phi) is 4.94. The lowest BCUT2D eigenvalue weighted by atomic mass is 10.1. The maximum Gasteiger partial charge on any atom is 0.0995 e. The highest BCUT2D eigenvalue weighted by molar-refractivity contribution is 7.10. The molecule has 1 aliphatic heterocycles. The van der Waals surface area contributed by atoms with E-state index in [1.54, 1.807) is 6.20 Å². The van der Waals surface area contributed by atoms with Crippen molar-refractivity contribution in [1.82, 2.24) is 9.88 Å². The van der Waals surface area contributed by atoms with Crippen molar-refractivity contribution in [2.45, 2.75) is 51.2 Å². The van der Waals surface area contributed by atoms with Crippen molar-refractivity contribution < 1.29 is 9.47 Å². The van der Waals surface area contributed by atoms with Crippen molar-refractivity contribution in [3.05, 3.63) is 52.0 Å². The molecule has 2 bridgehead atoms. The summed E-state index contributed by atoms with van der Waals surface area (Å²) in [5.41, 5.74) is 2.52. The van der Waals surface area contributed by atoms with Gasteiger partial charge in [0.2, 0.25) is 0 Å². The molecule has 1 aliphatic carbocycles. The van der Waals surface area contributed by atoms with Crippen LogP contribution in [0.1, 0.15) is 28.8 Å². The molecule has 3 heterocycles. The van der Waals surface area contributed by atoms with Gasteiger partial charge < -0.3 is 9.47 Å². The molecule has 3 atom stereocenters. The minimum atomic E-state index is 0.160. The predicted molar refractivity (Wildman–Crippen MR) is 95.0 cm³/mol. The van der Waals surface area contributed by atoms with E-state index in [1.165, 1.54) is 10.4 Å². The molecule has 5 heteroatoms. The number of aryl methyl sites for hydroxylation is 1. The molecule has 1 saturated heterocycles. The van der Waals surface area contributed by atoms with Gasteiger partial charge in [-0.05, 0) is 48.4 Å². The molecule has 2 fully saturated rings. The monoisotopic (exact) mass is 344 g/mol. The van der Waals surface area contributed by atoms with Crippen molar-refractivity contribution in [3.63, 3.8) is 0 Å². The molecule has 24 heavy (non-hydrogen) atoms. The standard InChI is InChI=1S/C19H24N2O2S/c1-14-6-10-24-18(14)12-21-8-9-22-17-5-4-16(21)19(17)23-13-15-3-2-7-20-11-15/h2-3,6-7,10-11,16-17,19H,4-5,8-9,12-13H2,1H3/t16-,17-,19-/m0/s1. The largest absolute Gasteiger partial charge is 0.374 e. The summed E-state index contributed by atoms with van der Waals surface area (Å²) in [4.78, 5) is 8.21. The summed E-state index contributed by atoms with van der Waals surface area (Å²) >= 11 is 1.86. The number of hydrogen-bond donors (Lipinski definition) is 0. The van der Waals surface area contributed by atoms with Gasteiger partial charge in [-0.15, -0.1) is 11.3 Å². The molecule has 0 radical (unpaired) electrons. The average molecular weight is 344 g/mol. The molecule has 0 unspecified atom stereocenters. The first kappa shape index (κ1) is 16.2. The fourth-order valence-corrected chi connectivity index (χ4v) is 4.74. The van der Waals surface area contributed by atoms with Gasteiger partial charge in [0.1, 0.15) is 0 Å². The Bertz CT molecular complexity index is 660. The highest BCUT2D eigenvalue weighted by atomic mass is 32.1. The third kappa shape index (κ3) is 3.40. The van der Waals surface area contributed by atoms with Crippen LogP contribution < -0.4 is 0 Å². The second-order valence-corrected chi connectivity index (χ2v) is 7.69. The van der Waals surface area contributed by atoms with Gasteiger partial charge in [0.05, 0.1) is 25.4 Å². The number of aromatic nitrogens is 1. The summed E-state index contributed by atoms with van der Waals surface area (Å²) in [5.74, 6) is 0. The summed E-state index contributed by atoms with van der Waals surface area (Å²) in [6, 6.07) is 6.69. The van der Waals surface area contributed by atoms with Crippen molar-refractivity contribution in [2.75, 3.05) is 13.2 Å². The molecule has 128 valence electrons. The first-order valence-electron chi connectivity index (χ1n) is 8.70. The van der Waals surface area contributed by atoms with Crippen LogP contribution in [-0.4, -0.2) is 41.3 Å². The van der Waals surface area contributed by atoms with Crippen LogP contribution in [0.3, 0.4) is 0 Å². The Morgan fingerprint density at radius 3 is 3.12 bits per heavy atom. The fourth-order valence-electron chi connectivity index (χ4n) is 3.81. The number of ether oxygens (including phenoxy) is 2. The van der Waals surface area contributed by atoms with Crippen LogP contribution in [0.4, 0.5) is 0 Å². The summed E-state index contributed by atoms with van der Waals surface area (Å²) in [6.45, 7) is 5.62. The maximum absolute atomic E-state index is 6.31. The van der Waals surface area contributed by atoms with Crippen LogP contribution in [0.25, 0.3) is 0 Å². The zero-order chi connectivity index (χ0) is 16.4. The molecular weight excluding hydrogens is 320 g/mol. The number of hydrogen-bond acceptors (Lipinski definition) is 5. The van der Waals surface area contributed by atoms with Crippen molar-refractivity contribution in [2.24, 2.45) is 0 Å². The first-order chi connectivity index (χ1) is 11.8. The molecular formula is C19H24N2O2S. The Labute approximate surface area is 147 Å². The van der Waals surface area contributed by atoms with Crippen molar-refractivity contribution in [1.29, 1.82) is 0 Å². The Balaban J connectivity index is 1.46. The molecule has 2 aromatic rings. The van der Waals surface area contributed by atoms with Crippen molar-refractivity contribution >= 4 is 11.3 Å². The number of pyridine rings is 1. The van der Waals surface area contributed by atoms with Crippen molar-refractivity contribution in [3.8, 4) is 0 Å². The lowest BCUT2D eigenvalue weighted by molar-refractivity contribution is -0.0614. The van der Waals surface area contributed by atoms with E-state index in [9.17, 15) is 0 Å². The molecule has 4 rings (SSSR count). The fraction of sp³-hybridized carbons (Fsp3) is 0.526. The molecule has 0 amide bonds. The summed E-state index contributed by atoms with van der Waals surface area (Å²) < 4.78 is 12.4. The molecule has 4 nitrogen and oxygen atoms in total. The highest BCUT2D eigenvalue weighted by Crippen LogP contribution is 2.34. The summed E-state index contributed by atoms with van der Waals surface area (Å²) in [5, 5.41) is 2.19. The quantitative estimate of drug-likeness (QED) is 0.833. The third-order valence-corrected chi connectivity index (χ3v) is 6.16. The first-order valence-corrected chi connectivity index (χ1v) is 9.58. The third-order valence-electron chi connectivity index (χ3n) is 5.15. The van der Waals surface area contributed by atoms with Gasteiger partial charge in [0, 0.05) is 36.4 Å². The van der Waals surface area contributed by atoms with E-state index in [2.05, 4.69) is 34.3 Å². The number of rotatable bonds is 5. The zero-order valence-electron chi connectivity index (χ0n) is 14.1. The van der Waals surface area contributed by atoms with E-state index in [0.29, 0.717) is 12.6 Å². The molecule has 2 aromatic heterocycles. The number of nitrogens with zero attached hydrogens (tertiary/aromatic N) is 2. The molecule has 1 saturated carbocycles. The molecule has 0 spiro atoms. The summed E-state index contributed by atoms with van der Waals surface area (Å²) in [7, 11) is 0. The highest BCUT2D eigenvalue weighted by Gasteiger charge is 2.43. The smallest absolute Gasteiger partial charge is 0.0995 e. The molecule has 0 aromatic carbocycles. The van der Waals surface area contributed by atoms with Gasteiger partial charge >= 0.3 is 0 Å². The average Bonchev–Trinajstić information content (AvgIpc) is 3.13. The van der Waals surface area contributed by atoms with E-state index >= 15 is 0 Å².